The van der Waals surface area contributed by atoms with Crippen LogP contribution in [0.5, 0.6) is 0 Å². The summed E-state index contributed by atoms with van der Waals surface area (Å²) in [4.78, 5) is 0. The third-order valence-electron chi connectivity index (χ3n) is 3.57. The van der Waals surface area contributed by atoms with Gasteiger partial charge in [-0.25, -0.2) is 0 Å². The fraction of sp³-hybridized carbons (Fsp3) is 1.00. The van der Waals surface area contributed by atoms with Crippen LogP contribution in [-0.4, -0.2) is 16.5 Å². The van der Waals surface area contributed by atoms with Crippen LogP contribution >= 0.6 is 15.9 Å². The smallest absolute Gasteiger partial charge is 0.0759 e. The second-order valence-corrected chi connectivity index (χ2v) is 5.37. The van der Waals surface area contributed by atoms with E-state index in [9.17, 15) is 0 Å². The Bertz CT molecular complexity index is 183. The first-order chi connectivity index (χ1) is 5.96. The van der Waals surface area contributed by atoms with E-state index in [0.29, 0.717) is 5.92 Å². The van der Waals surface area contributed by atoms with Gasteiger partial charge in [0.2, 0.25) is 0 Å². The molecule has 1 aliphatic rings. The first kappa shape index (κ1) is 11.5. The van der Waals surface area contributed by atoms with Gasteiger partial charge in [-0.15, -0.1) is 0 Å². The van der Waals surface area contributed by atoms with Gasteiger partial charge in [0.05, 0.1) is 11.2 Å². The van der Waals surface area contributed by atoms with Crippen molar-refractivity contribution in [3.8, 4) is 0 Å². The minimum Gasteiger partial charge on any atom is -0.368 e. The van der Waals surface area contributed by atoms with Gasteiger partial charge in [-0.1, -0.05) is 36.2 Å². The van der Waals surface area contributed by atoms with E-state index in [1.54, 1.807) is 0 Å². The van der Waals surface area contributed by atoms with Crippen molar-refractivity contribution < 1.29 is 4.74 Å². The van der Waals surface area contributed by atoms with E-state index >= 15 is 0 Å². The predicted octanol–water partition coefficient (Wildman–Crippen LogP) is 3.76. The highest BCUT2D eigenvalue weighted by Gasteiger charge is 2.45. The molecule has 0 aromatic heterocycles. The van der Waals surface area contributed by atoms with Crippen LogP contribution in [0.3, 0.4) is 0 Å². The normalized spacial score (nSPS) is 42.2. The number of hydrogen-bond acceptors (Lipinski definition) is 1. The quantitative estimate of drug-likeness (QED) is 0.692. The number of alkyl halides is 1. The molecule has 0 aromatic carbocycles. The van der Waals surface area contributed by atoms with Crippen LogP contribution in [0.1, 0.15) is 47.0 Å². The molecule has 0 bridgehead atoms. The molecular formula is C11H21BrO. The summed E-state index contributed by atoms with van der Waals surface area (Å²) in [5.41, 5.74) is 0.176. The van der Waals surface area contributed by atoms with Crippen LogP contribution in [0.4, 0.5) is 0 Å². The average Bonchev–Trinajstić information content (AvgIpc) is 2.44. The molecular weight excluding hydrogens is 228 g/mol. The van der Waals surface area contributed by atoms with Gasteiger partial charge in [0.25, 0.3) is 0 Å². The van der Waals surface area contributed by atoms with Crippen LogP contribution in [0.2, 0.25) is 0 Å². The molecule has 1 nitrogen and oxygen atoms in total. The highest BCUT2D eigenvalue weighted by Crippen LogP contribution is 2.43. The summed E-state index contributed by atoms with van der Waals surface area (Å²) in [7, 11) is 0. The van der Waals surface area contributed by atoms with E-state index in [0.717, 1.165) is 5.33 Å². The zero-order chi connectivity index (χ0) is 10.1. The van der Waals surface area contributed by atoms with Gasteiger partial charge < -0.3 is 4.74 Å². The Morgan fingerprint density at radius 3 is 2.38 bits per heavy atom. The highest BCUT2D eigenvalue weighted by molar-refractivity contribution is 9.09. The van der Waals surface area contributed by atoms with E-state index in [4.69, 9.17) is 4.74 Å². The summed E-state index contributed by atoms with van der Waals surface area (Å²) >= 11 is 3.53. The molecule has 1 saturated heterocycles. The van der Waals surface area contributed by atoms with Crippen LogP contribution < -0.4 is 0 Å². The lowest BCUT2D eigenvalue weighted by Crippen LogP contribution is -2.37. The predicted molar refractivity (Wildman–Crippen MR) is 60.4 cm³/mol. The molecule has 78 valence electrons. The van der Waals surface area contributed by atoms with E-state index in [-0.39, 0.29) is 11.2 Å². The van der Waals surface area contributed by atoms with E-state index in [1.165, 1.54) is 19.3 Å². The summed E-state index contributed by atoms with van der Waals surface area (Å²) in [5, 5.41) is 0.950. The molecule has 13 heavy (non-hydrogen) atoms. The standard InChI is InChI=1S/C11H21BrO/c1-5-9(2)11(4)7-6-10(3,8-12)13-11/h9H,5-8H2,1-4H3. The van der Waals surface area contributed by atoms with Crippen molar-refractivity contribution >= 4 is 15.9 Å². The maximum atomic E-state index is 6.19. The van der Waals surface area contributed by atoms with Gasteiger partial charge in [0, 0.05) is 5.33 Å². The van der Waals surface area contributed by atoms with Crippen LogP contribution in [0, 0.1) is 5.92 Å². The SMILES string of the molecule is CCC(C)C1(C)CCC(C)(CBr)O1. The Labute approximate surface area is 90.4 Å². The molecule has 0 amide bonds. The van der Waals surface area contributed by atoms with Crippen molar-refractivity contribution in [1.82, 2.24) is 0 Å². The van der Waals surface area contributed by atoms with Gasteiger partial charge in [-0.3, -0.25) is 0 Å². The summed E-state index contributed by atoms with van der Waals surface area (Å²) in [5.74, 6) is 0.661. The fourth-order valence-corrected chi connectivity index (χ4v) is 2.45. The summed E-state index contributed by atoms with van der Waals surface area (Å²) in [6.07, 6.45) is 3.58. The van der Waals surface area contributed by atoms with Crippen LogP contribution in [-0.2, 0) is 4.74 Å². The number of halogens is 1. The Kier molecular flexibility index (Phi) is 3.45. The van der Waals surface area contributed by atoms with Gasteiger partial charge in [0.15, 0.2) is 0 Å². The monoisotopic (exact) mass is 248 g/mol. The molecule has 0 aliphatic carbocycles. The number of rotatable bonds is 3. The van der Waals surface area contributed by atoms with Crippen molar-refractivity contribution in [1.29, 1.82) is 0 Å². The van der Waals surface area contributed by atoms with Gasteiger partial charge >= 0.3 is 0 Å². The Morgan fingerprint density at radius 1 is 1.38 bits per heavy atom. The van der Waals surface area contributed by atoms with E-state index in [1.807, 2.05) is 0 Å². The minimum atomic E-state index is 0.0676. The largest absolute Gasteiger partial charge is 0.368 e. The molecule has 0 N–H and O–H groups in total. The molecule has 0 radical (unpaired) electrons. The van der Waals surface area contributed by atoms with Crippen LogP contribution in [0.15, 0.2) is 0 Å². The lowest BCUT2D eigenvalue weighted by Gasteiger charge is -2.33. The highest BCUT2D eigenvalue weighted by atomic mass is 79.9. The molecule has 1 aliphatic heterocycles. The minimum absolute atomic E-state index is 0.0676. The van der Waals surface area contributed by atoms with Gasteiger partial charge in [-0.05, 0) is 32.6 Å². The lowest BCUT2D eigenvalue weighted by atomic mass is 9.86. The van der Waals surface area contributed by atoms with Crippen molar-refractivity contribution in [3.05, 3.63) is 0 Å². The molecule has 2 heteroatoms. The first-order valence-corrected chi connectivity index (χ1v) is 6.34. The molecule has 3 atom stereocenters. The topological polar surface area (TPSA) is 9.23 Å². The molecule has 1 fully saturated rings. The van der Waals surface area contributed by atoms with Gasteiger partial charge in [-0.2, -0.15) is 0 Å². The second kappa shape index (κ2) is 3.90. The van der Waals surface area contributed by atoms with Gasteiger partial charge in [0.1, 0.15) is 0 Å². The summed E-state index contributed by atoms with van der Waals surface area (Å²) in [6.45, 7) is 8.99. The first-order valence-electron chi connectivity index (χ1n) is 5.22. The zero-order valence-electron chi connectivity index (χ0n) is 9.19. The van der Waals surface area contributed by atoms with Crippen molar-refractivity contribution in [2.24, 2.45) is 5.92 Å². The molecule has 0 aromatic rings. The van der Waals surface area contributed by atoms with E-state index in [2.05, 4.69) is 43.6 Å². The Morgan fingerprint density at radius 2 is 2.00 bits per heavy atom. The molecule has 1 heterocycles. The lowest BCUT2D eigenvalue weighted by molar-refractivity contribution is -0.100. The summed E-state index contributed by atoms with van der Waals surface area (Å²) < 4.78 is 6.19. The van der Waals surface area contributed by atoms with Crippen molar-refractivity contribution in [3.63, 3.8) is 0 Å². The third-order valence-corrected chi connectivity index (χ3v) is 4.75. The molecule has 0 spiro atoms. The van der Waals surface area contributed by atoms with Crippen LogP contribution in [0.25, 0.3) is 0 Å². The molecule has 3 unspecified atom stereocenters. The third kappa shape index (κ3) is 2.27. The molecule has 1 rings (SSSR count). The summed E-state index contributed by atoms with van der Waals surface area (Å²) in [6, 6.07) is 0. The van der Waals surface area contributed by atoms with E-state index < -0.39 is 0 Å². The average molecular weight is 249 g/mol. The number of ether oxygens (including phenoxy) is 1. The molecule has 0 saturated carbocycles. The van der Waals surface area contributed by atoms with Crippen molar-refractivity contribution in [2.75, 3.05) is 5.33 Å². The maximum absolute atomic E-state index is 6.19. The zero-order valence-corrected chi connectivity index (χ0v) is 10.8. The second-order valence-electron chi connectivity index (χ2n) is 4.81. The Balaban J connectivity index is 2.66. The Hall–Kier alpha value is 0.440. The fourth-order valence-electron chi connectivity index (χ4n) is 2.05. The van der Waals surface area contributed by atoms with Crippen molar-refractivity contribution in [2.45, 2.75) is 58.2 Å². The maximum Gasteiger partial charge on any atom is 0.0759 e. The number of hydrogen-bond donors (Lipinski definition) is 0.